The summed E-state index contributed by atoms with van der Waals surface area (Å²) in [6, 6.07) is 13.9. The van der Waals surface area contributed by atoms with Crippen LogP contribution in [0.5, 0.6) is 0 Å². The van der Waals surface area contributed by atoms with Gasteiger partial charge in [0.2, 0.25) is 0 Å². The third kappa shape index (κ3) is 2.90. The van der Waals surface area contributed by atoms with E-state index in [9.17, 15) is 8.42 Å². The molecule has 1 aliphatic heterocycles. The third-order valence-electron chi connectivity index (χ3n) is 4.50. The maximum absolute atomic E-state index is 13.0. The van der Waals surface area contributed by atoms with Crippen LogP contribution >= 0.6 is 11.6 Å². The Labute approximate surface area is 151 Å². The fourth-order valence-corrected chi connectivity index (χ4v) is 4.71. The van der Waals surface area contributed by atoms with E-state index < -0.39 is 10.0 Å². The highest BCUT2D eigenvalue weighted by Crippen LogP contribution is 2.30. The number of aromatic nitrogens is 1. The van der Waals surface area contributed by atoms with Gasteiger partial charge in [-0.15, -0.1) is 0 Å². The summed E-state index contributed by atoms with van der Waals surface area (Å²) in [6.45, 7) is 3.68. The van der Waals surface area contributed by atoms with Crippen molar-refractivity contribution >= 4 is 38.2 Å². The minimum absolute atomic E-state index is 0.224. The van der Waals surface area contributed by atoms with Gasteiger partial charge in [0.05, 0.1) is 10.4 Å². The molecule has 1 fully saturated rings. The fourth-order valence-electron chi connectivity index (χ4n) is 3.24. The first kappa shape index (κ1) is 16.4. The van der Waals surface area contributed by atoms with Gasteiger partial charge in [0.25, 0.3) is 10.0 Å². The van der Waals surface area contributed by atoms with Gasteiger partial charge >= 0.3 is 0 Å². The molecule has 0 atom stereocenters. The van der Waals surface area contributed by atoms with Gasteiger partial charge in [0, 0.05) is 48.5 Å². The maximum Gasteiger partial charge on any atom is 0.268 e. The maximum atomic E-state index is 13.0. The van der Waals surface area contributed by atoms with Crippen LogP contribution < -0.4 is 10.2 Å². The molecule has 0 radical (unpaired) electrons. The Hall–Kier alpha value is -2.02. The van der Waals surface area contributed by atoms with Crippen LogP contribution in [-0.4, -0.2) is 38.6 Å². The molecule has 4 rings (SSSR count). The van der Waals surface area contributed by atoms with Crippen molar-refractivity contribution in [2.24, 2.45) is 0 Å². The highest BCUT2D eigenvalue weighted by molar-refractivity contribution is 7.90. The summed E-state index contributed by atoms with van der Waals surface area (Å²) in [5.74, 6) is 0. The van der Waals surface area contributed by atoms with E-state index in [1.165, 1.54) is 16.1 Å². The zero-order valence-corrected chi connectivity index (χ0v) is 15.1. The number of benzene rings is 2. The minimum atomic E-state index is -3.66. The van der Waals surface area contributed by atoms with E-state index in [1.54, 1.807) is 18.3 Å². The van der Waals surface area contributed by atoms with E-state index in [1.807, 2.05) is 24.3 Å². The minimum Gasteiger partial charge on any atom is -0.368 e. The van der Waals surface area contributed by atoms with Crippen molar-refractivity contribution in [1.29, 1.82) is 0 Å². The first-order valence-corrected chi connectivity index (χ1v) is 9.96. The molecule has 0 amide bonds. The third-order valence-corrected chi connectivity index (χ3v) is 6.46. The molecule has 0 saturated carbocycles. The summed E-state index contributed by atoms with van der Waals surface area (Å²) in [6.07, 6.45) is 1.63. The quantitative estimate of drug-likeness (QED) is 0.764. The second-order valence-corrected chi connectivity index (χ2v) is 8.27. The van der Waals surface area contributed by atoms with Gasteiger partial charge in [-0.1, -0.05) is 17.7 Å². The van der Waals surface area contributed by atoms with Crippen LogP contribution in [0.3, 0.4) is 0 Å². The van der Waals surface area contributed by atoms with Gasteiger partial charge in [-0.3, -0.25) is 0 Å². The van der Waals surface area contributed by atoms with Crippen molar-refractivity contribution in [3.8, 4) is 0 Å². The van der Waals surface area contributed by atoms with Crippen LogP contribution in [-0.2, 0) is 10.0 Å². The van der Waals surface area contributed by atoms with Gasteiger partial charge in [-0.2, -0.15) is 0 Å². The monoisotopic (exact) mass is 375 g/mol. The second kappa shape index (κ2) is 6.37. The van der Waals surface area contributed by atoms with Crippen LogP contribution in [0.25, 0.3) is 10.9 Å². The number of piperazine rings is 1. The number of nitrogens with one attached hydrogen (secondary N) is 1. The van der Waals surface area contributed by atoms with Gasteiger partial charge in [-0.25, -0.2) is 12.4 Å². The molecule has 0 unspecified atom stereocenters. The van der Waals surface area contributed by atoms with Gasteiger partial charge < -0.3 is 10.2 Å². The van der Waals surface area contributed by atoms with E-state index in [-0.39, 0.29) is 4.90 Å². The summed E-state index contributed by atoms with van der Waals surface area (Å²) in [7, 11) is -3.66. The number of hydrogen-bond acceptors (Lipinski definition) is 4. The highest BCUT2D eigenvalue weighted by Gasteiger charge is 2.21. The molecule has 1 aliphatic rings. The molecule has 1 saturated heterocycles. The lowest BCUT2D eigenvalue weighted by Gasteiger charge is -2.30. The second-order valence-electron chi connectivity index (χ2n) is 6.02. The number of fused-ring (bicyclic) bond motifs is 1. The lowest BCUT2D eigenvalue weighted by molar-refractivity contribution is 0.588. The van der Waals surface area contributed by atoms with E-state index in [0.717, 1.165) is 37.3 Å². The predicted molar refractivity (Wildman–Crippen MR) is 101 cm³/mol. The van der Waals surface area contributed by atoms with Crippen molar-refractivity contribution in [1.82, 2.24) is 9.29 Å². The normalized spacial score (nSPS) is 15.6. The lowest BCUT2D eigenvalue weighted by Crippen LogP contribution is -2.43. The van der Waals surface area contributed by atoms with E-state index >= 15 is 0 Å². The van der Waals surface area contributed by atoms with Crippen LogP contribution in [0.1, 0.15) is 0 Å². The smallest absolute Gasteiger partial charge is 0.268 e. The first-order valence-electron chi connectivity index (χ1n) is 8.14. The van der Waals surface area contributed by atoms with Gasteiger partial charge in [0.1, 0.15) is 0 Å². The molecule has 3 aromatic rings. The molecule has 0 aliphatic carbocycles. The van der Waals surface area contributed by atoms with Crippen LogP contribution in [0.2, 0.25) is 5.02 Å². The SMILES string of the molecule is O=S(=O)(c1ccc(Cl)cc1)n1ccc2c(N3CCNCC3)cccc21. The van der Waals surface area contributed by atoms with Crippen molar-refractivity contribution in [2.75, 3.05) is 31.1 Å². The molecular weight excluding hydrogens is 358 g/mol. The van der Waals surface area contributed by atoms with Crippen LogP contribution in [0, 0.1) is 0 Å². The summed E-state index contributed by atoms with van der Waals surface area (Å²) < 4.78 is 27.4. The van der Waals surface area contributed by atoms with Crippen LogP contribution in [0.4, 0.5) is 5.69 Å². The molecule has 0 spiro atoms. The van der Waals surface area contributed by atoms with E-state index in [4.69, 9.17) is 11.6 Å². The average molecular weight is 376 g/mol. The van der Waals surface area contributed by atoms with E-state index in [0.29, 0.717) is 10.5 Å². The summed E-state index contributed by atoms with van der Waals surface area (Å²) in [4.78, 5) is 2.51. The van der Waals surface area contributed by atoms with E-state index in [2.05, 4.69) is 10.2 Å². The van der Waals surface area contributed by atoms with Crippen molar-refractivity contribution in [3.63, 3.8) is 0 Å². The molecule has 1 aromatic heterocycles. The number of anilines is 1. The Morgan fingerprint density at radius 3 is 2.40 bits per heavy atom. The number of nitrogens with zero attached hydrogens (tertiary/aromatic N) is 2. The van der Waals surface area contributed by atoms with Crippen LogP contribution in [0.15, 0.2) is 59.6 Å². The zero-order chi connectivity index (χ0) is 17.4. The Balaban J connectivity index is 1.82. The molecule has 2 heterocycles. The van der Waals surface area contributed by atoms with Gasteiger partial charge in [0.15, 0.2) is 0 Å². The number of rotatable bonds is 3. The van der Waals surface area contributed by atoms with Gasteiger partial charge in [-0.05, 0) is 42.5 Å². The van der Waals surface area contributed by atoms with Crippen molar-refractivity contribution < 1.29 is 8.42 Å². The molecule has 130 valence electrons. The summed E-state index contributed by atoms with van der Waals surface area (Å²) in [5.41, 5.74) is 1.76. The fraction of sp³-hybridized carbons (Fsp3) is 0.222. The largest absolute Gasteiger partial charge is 0.368 e. The number of halogens is 1. The van der Waals surface area contributed by atoms with Crippen molar-refractivity contribution in [3.05, 3.63) is 59.8 Å². The highest BCUT2D eigenvalue weighted by atomic mass is 35.5. The summed E-state index contributed by atoms with van der Waals surface area (Å²) >= 11 is 5.88. The first-order chi connectivity index (χ1) is 12.1. The standard InChI is InChI=1S/C18H18ClN3O2S/c19-14-4-6-15(7-5-14)25(23,24)22-11-8-16-17(2-1-3-18(16)22)21-12-9-20-10-13-21/h1-8,11,20H,9-10,12-13H2. The Kier molecular flexibility index (Phi) is 4.19. The molecule has 1 N–H and O–H groups in total. The Morgan fingerprint density at radius 1 is 0.960 bits per heavy atom. The molecular formula is C18H18ClN3O2S. The molecule has 25 heavy (non-hydrogen) atoms. The molecule has 7 heteroatoms. The summed E-state index contributed by atoms with van der Waals surface area (Å²) in [5, 5.41) is 4.79. The average Bonchev–Trinajstić information content (AvgIpc) is 3.08. The molecule has 0 bridgehead atoms. The zero-order valence-electron chi connectivity index (χ0n) is 13.5. The van der Waals surface area contributed by atoms with Crippen molar-refractivity contribution in [2.45, 2.75) is 4.90 Å². The lowest BCUT2D eigenvalue weighted by atomic mass is 10.2. The molecule has 5 nitrogen and oxygen atoms in total. The molecule has 2 aromatic carbocycles. The number of hydrogen-bond donors (Lipinski definition) is 1. The predicted octanol–water partition coefficient (Wildman–Crippen LogP) is 2.94. The Morgan fingerprint density at radius 2 is 1.68 bits per heavy atom. The Bertz CT molecular complexity index is 1010. The topological polar surface area (TPSA) is 54.3 Å².